The topological polar surface area (TPSA) is 72.9 Å². The third-order valence-electron chi connectivity index (χ3n) is 4.50. The zero-order valence-electron chi connectivity index (χ0n) is 13.0. The van der Waals surface area contributed by atoms with Gasteiger partial charge in [0, 0.05) is 42.8 Å². The first kappa shape index (κ1) is 13.2. The van der Waals surface area contributed by atoms with Gasteiger partial charge < -0.3 is 9.88 Å². The molecule has 114 valence electrons. The number of nitrogens with one attached hydrogen (secondary N) is 1. The number of hydrogen-bond acceptors (Lipinski definition) is 5. The average molecular weight is 297 g/mol. The van der Waals surface area contributed by atoms with E-state index >= 15 is 0 Å². The molecule has 0 saturated heterocycles. The van der Waals surface area contributed by atoms with Crippen LogP contribution >= 0.6 is 0 Å². The van der Waals surface area contributed by atoms with Gasteiger partial charge in [-0.3, -0.25) is 0 Å². The Hall–Kier alpha value is -2.44. The molecule has 1 unspecified atom stereocenters. The average Bonchev–Trinajstić information content (AvgIpc) is 3.18. The maximum atomic E-state index is 4.55. The van der Waals surface area contributed by atoms with E-state index in [0.717, 1.165) is 53.9 Å². The lowest BCUT2D eigenvalue weighted by Crippen LogP contribution is -2.19. The normalized spacial score (nSPS) is 17.1. The van der Waals surface area contributed by atoms with Crippen LogP contribution in [0.15, 0.2) is 12.3 Å². The molecule has 22 heavy (non-hydrogen) atoms. The number of nitrogens with zero attached hydrogens (tertiary/aromatic N) is 6. The Morgan fingerprint density at radius 1 is 1.27 bits per heavy atom. The Morgan fingerprint density at radius 2 is 2.14 bits per heavy atom. The summed E-state index contributed by atoms with van der Waals surface area (Å²) in [6.07, 6.45) is 2.76. The van der Waals surface area contributed by atoms with Gasteiger partial charge in [-0.25, -0.2) is 4.98 Å². The molecule has 0 bridgehead atoms. The van der Waals surface area contributed by atoms with E-state index < -0.39 is 0 Å². The predicted octanol–water partition coefficient (Wildman–Crippen LogP) is 1.53. The molecule has 1 aliphatic heterocycles. The Labute approximate surface area is 128 Å². The molecule has 0 aromatic carbocycles. The Balaban J connectivity index is 1.55. The number of rotatable bonds is 3. The third-order valence-corrected chi connectivity index (χ3v) is 4.50. The van der Waals surface area contributed by atoms with Gasteiger partial charge in [0.1, 0.15) is 17.5 Å². The van der Waals surface area contributed by atoms with Gasteiger partial charge in [-0.2, -0.15) is 9.61 Å². The van der Waals surface area contributed by atoms with Gasteiger partial charge in [0.25, 0.3) is 0 Å². The quantitative estimate of drug-likeness (QED) is 0.793. The largest absolute Gasteiger partial charge is 0.369 e. The second-order valence-corrected chi connectivity index (χ2v) is 6.00. The molecule has 0 aliphatic carbocycles. The van der Waals surface area contributed by atoms with E-state index in [0.29, 0.717) is 5.92 Å². The van der Waals surface area contributed by atoms with Crippen molar-refractivity contribution < 1.29 is 0 Å². The highest BCUT2D eigenvalue weighted by atomic mass is 15.3. The highest BCUT2D eigenvalue weighted by Gasteiger charge is 2.25. The molecule has 0 fully saturated rings. The van der Waals surface area contributed by atoms with Crippen LogP contribution in [0.1, 0.15) is 22.9 Å². The standard InChI is InChI=1S/C15H19N7/c1-9-10(2)18-13-4-5-17-22(13)15(9)16-7-12-6-14-20-19-11(3)21(14)8-12/h4-5,12,16H,6-8H2,1-3H3. The van der Waals surface area contributed by atoms with E-state index in [1.54, 1.807) is 6.20 Å². The van der Waals surface area contributed by atoms with Crippen molar-refractivity contribution in [2.24, 2.45) is 5.92 Å². The fourth-order valence-corrected chi connectivity index (χ4v) is 3.12. The van der Waals surface area contributed by atoms with Gasteiger partial charge in [-0.05, 0) is 20.8 Å². The molecule has 0 spiro atoms. The summed E-state index contributed by atoms with van der Waals surface area (Å²) < 4.78 is 4.09. The van der Waals surface area contributed by atoms with Crippen LogP contribution < -0.4 is 5.32 Å². The minimum atomic E-state index is 0.530. The molecule has 7 nitrogen and oxygen atoms in total. The van der Waals surface area contributed by atoms with Crippen LogP contribution in [0.5, 0.6) is 0 Å². The lowest BCUT2D eigenvalue weighted by molar-refractivity contribution is 0.526. The molecule has 3 aromatic heterocycles. The smallest absolute Gasteiger partial charge is 0.157 e. The molecule has 3 aromatic rings. The first-order valence-corrected chi connectivity index (χ1v) is 7.57. The van der Waals surface area contributed by atoms with Crippen LogP contribution in [-0.2, 0) is 13.0 Å². The van der Waals surface area contributed by atoms with Crippen LogP contribution in [0.25, 0.3) is 5.65 Å². The van der Waals surface area contributed by atoms with E-state index in [1.807, 2.05) is 24.4 Å². The zero-order valence-corrected chi connectivity index (χ0v) is 13.0. The molecular weight excluding hydrogens is 278 g/mol. The van der Waals surface area contributed by atoms with Crippen molar-refractivity contribution in [3.05, 3.63) is 35.2 Å². The van der Waals surface area contributed by atoms with Crippen molar-refractivity contribution in [1.82, 2.24) is 29.4 Å². The summed E-state index contributed by atoms with van der Waals surface area (Å²) in [5.41, 5.74) is 3.06. The second-order valence-electron chi connectivity index (χ2n) is 6.00. The Morgan fingerprint density at radius 3 is 2.95 bits per heavy atom. The summed E-state index contributed by atoms with van der Waals surface area (Å²) >= 11 is 0. The third kappa shape index (κ3) is 1.96. The van der Waals surface area contributed by atoms with Crippen LogP contribution in [0.2, 0.25) is 0 Å². The second kappa shape index (κ2) is 4.79. The SMILES string of the molecule is Cc1nc2ccnn2c(NCC2Cc3nnc(C)n3C2)c1C. The summed E-state index contributed by atoms with van der Waals surface area (Å²) in [7, 11) is 0. The molecule has 4 heterocycles. The molecular formula is C15H19N7. The van der Waals surface area contributed by atoms with Gasteiger partial charge >= 0.3 is 0 Å². The molecule has 4 rings (SSSR count). The van der Waals surface area contributed by atoms with Crippen molar-refractivity contribution in [1.29, 1.82) is 0 Å². The zero-order chi connectivity index (χ0) is 15.3. The lowest BCUT2D eigenvalue weighted by atomic mass is 10.1. The van der Waals surface area contributed by atoms with E-state index in [-0.39, 0.29) is 0 Å². The lowest BCUT2D eigenvalue weighted by Gasteiger charge is -2.16. The van der Waals surface area contributed by atoms with Gasteiger partial charge in [0.2, 0.25) is 0 Å². The maximum absolute atomic E-state index is 4.55. The molecule has 0 amide bonds. The highest BCUT2D eigenvalue weighted by molar-refractivity contribution is 5.54. The number of aromatic nitrogens is 6. The minimum absolute atomic E-state index is 0.530. The number of hydrogen-bond donors (Lipinski definition) is 1. The molecule has 1 atom stereocenters. The summed E-state index contributed by atoms with van der Waals surface area (Å²) in [4.78, 5) is 4.55. The van der Waals surface area contributed by atoms with Gasteiger partial charge in [0.05, 0.1) is 6.20 Å². The van der Waals surface area contributed by atoms with E-state index in [2.05, 4.69) is 37.1 Å². The number of fused-ring (bicyclic) bond motifs is 2. The first-order chi connectivity index (χ1) is 10.6. The van der Waals surface area contributed by atoms with Crippen molar-refractivity contribution in [2.75, 3.05) is 11.9 Å². The fraction of sp³-hybridized carbons (Fsp3) is 0.467. The summed E-state index contributed by atoms with van der Waals surface area (Å²) in [6.45, 7) is 8.00. The van der Waals surface area contributed by atoms with Crippen LogP contribution in [0.4, 0.5) is 5.82 Å². The summed E-state index contributed by atoms with van der Waals surface area (Å²) in [5.74, 6) is 3.66. The number of anilines is 1. The van der Waals surface area contributed by atoms with Crippen molar-refractivity contribution >= 4 is 11.5 Å². The van der Waals surface area contributed by atoms with Crippen LogP contribution in [0.3, 0.4) is 0 Å². The van der Waals surface area contributed by atoms with E-state index in [1.165, 1.54) is 0 Å². The monoisotopic (exact) mass is 297 g/mol. The molecule has 0 saturated carbocycles. The van der Waals surface area contributed by atoms with Crippen molar-refractivity contribution in [2.45, 2.75) is 33.7 Å². The minimum Gasteiger partial charge on any atom is -0.369 e. The molecule has 0 radical (unpaired) electrons. The van der Waals surface area contributed by atoms with E-state index in [4.69, 9.17) is 0 Å². The van der Waals surface area contributed by atoms with Crippen LogP contribution in [-0.4, -0.2) is 35.9 Å². The van der Waals surface area contributed by atoms with E-state index in [9.17, 15) is 0 Å². The van der Waals surface area contributed by atoms with Gasteiger partial charge in [-0.15, -0.1) is 10.2 Å². The maximum Gasteiger partial charge on any atom is 0.157 e. The summed E-state index contributed by atoms with van der Waals surface area (Å²) in [5, 5.41) is 16.3. The highest BCUT2D eigenvalue weighted by Crippen LogP contribution is 2.23. The van der Waals surface area contributed by atoms with Gasteiger partial charge in [-0.1, -0.05) is 0 Å². The Kier molecular flexibility index (Phi) is 2.88. The summed E-state index contributed by atoms with van der Waals surface area (Å²) in [6, 6.07) is 1.93. The van der Waals surface area contributed by atoms with Crippen molar-refractivity contribution in [3.8, 4) is 0 Å². The number of aryl methyl sites for hydroxylation is 2. The molecule has 1 aliphatic rings. The molecule has 1 N–H and O–H groups in total. The Bertz CT molecular complexity index is 845. The predicted molar refractivity (Wildman–Crippen MR) is 82.9 cm³/mol. The first-order valence-electron chi connectivity index (χ1n) is 7.57. The van der Waals surface area contributed by atoms with Crippen molar-refractivity contribution in [3.63, 3.8) is 0 Å². The van der Waals surface area contributed by atoms with Crippen LogP contribution in [0, 0.1) is 26.7 Å². The van der Waals surface area contributed by atoms with Gasteiger partial charge in [0.15, 0.2) is 5.65 Å². The molecule has 7 heteroatoms. The fourth-order valence-electron chi connectivity index (χ4n) is 3.12.